The second kappa shape index (κ2) is 12.1. The third kappa shape index (κ3) is 6.07. The first-order valence-corrected chi connectivity index (χ1v) is 11.3. The van der Waals surface area contributed by atoms with E-state index in [9.17, 15) is 4.79 Å². The van der Waals surface area contributed by atoms with Crippen LogP contribution in [0.3, 0.4) is 0 Å². The van der Waals surface area contributed by atoms with Crippen molar-refractivity contribution >= 4 is 22.6 Å². The lowest BCUT2D eigenvalue weighted by Crippen LogP contribution is -2.33. The van der Waals surface area contributed by atoms with Crippen LogP contribution in [0.2, 0.25) is 0 Å². The van der Waals surface area contributed by atoms with Gasteiger partial charge in [-0.3, -0.25) is 4.79 Å². The van der Waals surface area contributed by atoms with Gasteiger partial charge >= 0.3 is 0 Å². The summed E-state index contributed by atoms with van der Waals surface area (Å²) in [6.45, 7) is 2.78. The summed E-state index contributed by atoms with van der Waals surface area (Å²) in [4.78, 5) is 21.2. The molecule has 1 unspecified atom stereocenters. The third-order valence-corrected chi connectivity index (χ3v) is 5.53. The van der Waals surface area contributed by atoms with Crippen LogP contribution < -0.4 is 16.4 Å². The zero-order valence-corrected chi connectivity index (χ0v) is 20.3. The molecule has 0 saturated carbocycles. The Morgan fingerprint density at radius 1 is 1.12 bits per heavy atom. The van der Waals surface area contributed by atoms with E-state index in [0.717, 1.165) is 35.9 Å². The number of nitrogens with two attached hydrogens (primary N) is 1. The summed E-state index contributed by atoms with van der Waals surface area (Å²) >= 11 is 0. The minimum atomic E-state index is -0.506. The molecule has 2 aromatic carbocycles. The van der Waals surface area contributed by atoms with Gasteiger partial charge in [0.1, 0.15) is 12.1 Å². The number of aromatic nitrogens is 2. The van der Waals surface area contributed by atoms with Crippen LogP contribution in [0.1, 0.15) is 28.8 Å². The van der Waals surface area contributed by atoms with Crippen LogP contribution in [-0.4, -0.2) is 49.7 Å². The van der Waals surface area contributed by atoms with E-state index in [4.69, 9.17) is 5.73 Å². The van der Waals surface area contributed by atoms with E-state index in [1.807, 2.05) is 38.2 Å². The van der Waals surface area contributed by atoms with Crippen LogP contribution in [0.5, 0.6) is 0 Å². The molecule has 1 aliphatic carbocycles. The van der Waals surface area contributed by atoms with Crippen molar-refractivity contribution in [2.24, 2.45) is 5.73 Å². The van der Waals surface area contributed by atoms with Crippen molar-refractivity contribution in [3.63, 3.8) is 0 Å². The Labute approximate surface area is 201 Å². The Morgan fingerprint density at radius 2 is 1.85 bits per heavy atom. The van der Waals surface area contributed by atoms with E-state index >= 15 is 0 Å². The predicted octanol–water partition coefficient (Wildman–Crippen LogP) is 4.24. The molecule has 7 heteroatoms. The molecule has 1 amide bonds. The lowest BCUT2D eigenvalue weighted by molar-refractivity contribution is 0.100. The second-order valence-electron chi connectivity index (χ2n) is 8.22. The zero-order chi connectivity index (χ0) is 24.5. The van der Waals surface area contributed by atoms with Crippen LogP contribution in [0, 0.1) is 6.92 Å². The number of methoxy groups -OCH3 is 1. The average Bonchev–Trinajstić information content (AvgIpc) is 2.85. The summed E-state index contributed by atoms with van der Waals surface area (Å²) < 4.78 is 4.25. The molecule has 0 bridgehead atoms. The fraction of sp³-hybridized carbons (Fsp3) is 0.296. The van der Waals surface area contributed by atoms with Crippen molar-refractivity contribution in [2.75, 3.05) is 33.1 Å². The number of hydrogen-bond acceptors (Lipinski definition) is 6. The van der Waals surface area contributed by atoms with Gasteiger partial charge in [0.15, 0.2) is 0 Å². The normalized spacial score (nSPS) is 13.6. The fourth-order valence-corrected chi connectivity index (χ4v) is 3.90. The third-order valence-electron chi connectivity index (χ3n) is 5.53. The fourth-order valence-electron chi connectivity index (χ4n) is 3.90. The number of aryl methyl sites for hydroxylation is 1. The highest BCUT2D eigenvalue weighted by molar-refractivity contribution is 6.08. The van der Waals surface area contributed by atoms with Gasteiger partial charge in [-0.1, -0.05) is 48.1 Å². The number of allylic oxidation sites excluding steroid dienone is 2. The molecule has 4 rings (SSSR count). The quantitative estimate of drug-likeness (QED) is 0.488. The van der Waals surface area contributed by atoms with Crippen molar-refractivity contribution in [3.8, 4) is 11.1 Å². The molecule has 0 fully saturated rings. The lowest BCUT2D eigenvalue weighted by Gasteiger charge is -2.23. The van der Waals surface area contributed by atoms with E-state index in [2.05, 4.69) is 55.7 Å². The largest absolute Gasteiger partial charge is 0.388 e. The molecule has 0 spiro atoms. The summed E-state index contributed by atoms with van der Waals surface area (Å²) in [7, 11) is 5.18. The molecule has 7 nitrogen and oxygen atoms in total. The molecular formula is C27H33N5O2. The maximum atomic E-state index is 12.2. The number of rotatable bonds is 7. The number of nitrogens with zero attached hydrogens (tertiary/aromatic N) is 2. The Balaban J connectivity index is 0.00000103. The van der Waals surface area contributed by atoms with Crippen LogP contribution in [0.25, 0.3) is 22.0 Å². The van der Waals surface area contributed by atoms with Gasteiger partial charge in [-0.2, -0.15) is 0 Å². The summed E-state index contributed by atoms with van der Waals surface area (Å²) in [5.41, 5.74) is 11.0. The van der Waals surface area contributed by atoms with Crippen LogP contribution >= 0.6 is 0 Å². The zero-order valence-electron chi connectivity index (χ0n) is 20.3. The highest BCUT2D eigenvalue weighted by Gasteiger charge is 2.18. The number of nitrogens with one attached hydrogen (secondary N) is 2. The molecule has 0 aliphatic heterocycles. The second-order valence-corrected chi connectivity index (χ2v) is 8.22. The van der Waals surface area contributed by atoms with Crippen LogP contribution in [0.4, 0.5) is 5.82 Å². The molecular weight excluding hydrogens is 426 g/mol. The van der Waals surface area contributed by atoms with Gasteiger partial charge in [-0.15, -0.1) is 0 Å². The summed E-state index contributed by atoms with van der Waals surface area (Å²) in [5.74, 6) is 0.176. The van der Waals surface area contributed by atoms with Gasteiger partial charge < -0.3 is 21.1 Å². The number of carbonyl (C=O) groups excluding carboxylic acids is 1. The standard InChI is InChI=1S/C25H27N5O.C2H6O/c1-16-8-10-17(11-9-16)19-12-20(24(26)31)23-21(13-19)25(29-15-28-23)30-22(14-27-2)18-6-4-3-5-7-18;1-3-2/h4,6-13,15,22,27H,3,5,14H2,1-2H3,(H2,26,31)(H,28,29,30);1-2H3. The summed E-state index contributed by atoms with van der Waals surface area (Å²) in [6, 6.07) is 12.1. The number of fused-ring (bicyclic) bond motifs is 1. The first-order valence-electron chi connectivity index (χ1n) is 11.3. The predicted molar refractivity (Wildman–Crippen MR) is 139 cm³/mol. The van der Waals surface area contributed by atoms with E-state index in [-0.39, 0.29) is 6.04 Å². The van der Waals surface area contributed by atoms with Crippen molar-refractivity contribution in [1.82, 2.24) is 15.3 Å². The topological polar surface area (TPSA) is 102 Å². The van der Waals surface area contributed by atoms with E-state index in [1.165, 1.54) is 17.5 Å². The maximum absolute atomic E-state index is 12.2. The van der Waals surface area contributed by atoms with Crippen molar-refractivity contribution < 1.29 is 9.53 Å². The SMILES string of the molecule is CNCC(Nc1ncnc2c(C(N)=O)cc(-c3ccc(C)cc3)cc12)C1=CCCC=C1.COC. The number of ether oxygens (including phenoxy) is 1. The van der Waals surface area contributed by atoms with E-state index < -0.39 is 5.91 Å². The Hall–Kier alpha value is -3.55. The van der Waals surface area contributed by atoms with Crippen LogP contribution in [0.15, 0.2) is 66.5 Å². The highest BCUT2D eigenvalue weighted by atomic mass is 16.4. The molecule has 1 aliphatic rings. The number of likely N-dealkylation sites (N-methyl/N-ethyl adjacent to an activating group) is 1. The minimum Gasteiger partial charge on any atom is -0.388 e. The van der Waals surface area contributed by atoms with Gasteiger partial charge in [-0.05, 0) is 55.6 Å². The number of amides is 1. The highest BCUT2D eigenvalue weighted by Crippen LogP contribution is 2.31. The summed E-state index contributed by atoms with van der Waals surface area (Å²) in [6.07, 6.45) is 10.2. The average molecular weight is 460 g/mol. The van der Waals surface area contributed by atoms with E-state index in [1.54, 1.807) is 14.2 Å². The molecule has 178 valence electrons. The molecule has 3 aromatic rings. The Morgan fingerprint density at radius 3 is 2.47 bits per heavy atom. The number of benzene rings is 2. The molecule has 4 N–H and O–H groups in total. The van der Waals surface area contributed by atoms with Gasteiger partial charge in [0.25, 0.3) is 5.91 Å². The Kier molecular flexibility index (Phi) is 8.90. The Bertz CT molecular complexity index is 1190. The first kappa shape index (κ1) is 25.1. The van der Waals surface area contributed by atoms with Crippen molar-refractivity contribution in [2.45, 2.75) is 25.8 Å². The van der Waals surface area contributed by atoms with E-state index in [0.29, 0.717) is 16.9 Å². The minimum absolute atomic E-state index is 0.0414. The number of hydrogen-bond donors (Lipinski definition) is 3. The molecule has 34 heavy (non-hydrogen) atoms. The number of anilines is 1. The monoisotopic (exact) mass is 459 g/mol. The first-order chi connectivity index (χ1) is 16.5. The van der Waals surface area contributed by atoms with Crippen molar-refractivity contribution in [1.29, 1.82) is 0 Å². The van der Waals surface area contributed by atoms with Crippen molar-refractivity contribution in [3.05, 3.63) is 77.7 Å². The number of primary amides is 1. The lowest BCUT2D eigenvalue weighted by atomic mass is 9.97. The molecule has 1 atom stereocenters. The van der Waals surface area contributed by atoms with Gasteiger partial charge in [0, 0.05) is 26.2 Å². The molecule has 1 heterocycles. The molecule has 1 aromatic heterocycles. The summed E-state index contributed by atoms with van der Waals surface area (Å²) in [5, 5.41) is 7.59. The molecule has 0 saturated heterocycles. The smallest absolute Gasteiger partial charge is 0.250 e. The van der Waals surface area contributed by atoms with Gasteiger partial charge in [0.2, 0.25) is 0 Å². The molecule has 0 radical (unpaired) electrons. The van der Waals surface area contributed by atoms with Crippen LogP contribution in [-0.2, 0) is 4.74 Å². The van der Waals surface area contributed by atoms with Gasteiger partial charge in [0.05, 0.1) is 17.1 Å². The maximum Gasteiger partial charge on any atom is 0.250 e. The van der Waals surface area contributed by atoms with Gasteiger partial charge in [-0.25, -0.2) is 9.97 Å². The number of carbonyl (C=O) groups is 1.